The van der Waals surface area contributed by atoms with Gasteiger partial charge >= 0.3 is 6.18 Å². The summed E-state index contributed by atoms with van der Waals surface area (Å²) in [4.78, 5) is 35.9. The number of carboxylic acids is 1. The van der Waals surface area contributed by atoms with Gasteiger partial charge in [-0.1, -0.05) is 52.5 Å². The number of ether oxygens (including phenoxy) is 1. The maximum absolute atomic E-state index is 13.3. The van der Waals surface area contributed by atoms with E-state index in [0.29, 0.717) is 50.9 Å². The highest BCUT2D eigenvalue weighted by Gasteiger charge is 2.39. The van der Waals surface area contributed by atoms with Gasteiger partial charge < -0.3 is 19.6 Å². The molecule has 0 bridgehead atoms. The van der Waals surface area contributed by atoms with E-state index in [2.05, 4.69) is 49.9 Å². The molecule has 2 aliphatic rings. The van der Waals surface area contributed by atoms with E-state index in [-0.39, 0.29) is 30.6 Å². The average Bonchev–Trinajstić information content (AvgIpc) is 2.95. The number of carboxylic acid groups (broad SMARTS) is 1. The summed E-state index contributed by atoms with van der Waals surface area (Å²) in [6, 6.07) is 11.7. The number of piperidine rings is 2. The second-order valence-electron chi connectivity index (χ2n) is 12.4. The quantitative estimate of drug-likeness (QED) is 0.251. The van der Waals surface area contributed by atoms with Crippen molar-refractivity contribution in [1.29, 1.82) is 0 Å². The average molecular weight is 638 g/mol. The van der Waals surface area contributed by atoms with Crippen molar-refractivity contribution in [2.45, 2.75) is 90.8 Å². The number of hydrogen-bond donors (Lipinski definition) is 1. The van der Waals surface area contributed by atoms with Crippen LogP contribution < -0.4 is 4.74 Å². The van der Waals surface area contributed by atoms with Crippen molar-refractivity contribution in [2.24, 2.45) is 0 Å². The van der Waals surface area contributed by atoms with Crippen LogP contribution in [0.15, 0.2) is 42.5 Å². The van der Waals surface area contributed by atoms with Gasteiger partial charge in [0.1, 0.15) is 17.4 Å². The van der Waals surface area contributed by atoms with Crippen LogP contribution in [0.25, 0.3) is 0 Å². The number of nitrogens with zero attached hydrogens (tertiary/aromatic N) is 3. The normalized spacial score (nSPS) is 16.6. The number of alkyl halides is 3. The lowest BCUT2D eigenvalue weighted by molar-refractivity contribution is -0.388. The van der Waals surface area contributed by atoms with Crippen LogP contribution in [0.5, 0.6) is 5.75 Å². The fourth-order valence-electron chi connectivity index (χ4n) is 5.55. The van der Waals surface area contributed by atoms with Gasteiger partial charge in [0.05, 0.1) is 4.92 Å². The zero-order valence-corrected chi connectivity index (χ0v) is 25.7. The molecule has 2 fully saturated rings. The summed E-state index contributed by atoms with van der Waals surface area (Å²) in [5.74, 6) is -0.271. The van der Waals surface area contributed by atoms with E-state index in [1.165, 1.54) is 17.2 Å². The molecule has 0 unspecified atom stereocenters. The Morgan fingerprint density at radius 3 is 2.02 bits per heavy atom. The third kappa shape index (κ3) is 11.3. The Labute approximate surface area is 263 Å². The molecule has 2 aromatic rings. The number of halogens is 3. The van der Waals surface area contributed by atoms with Gasteiger partial charge in [-0.25, -0.2) is 0 Å². The van der Waals surface area contributed by atoms with Crippen LogP contribution >= 0.6 is 0 Å². The predicted molar refractivity (Wildman–Crippen MR) is 167 cm³/mol. The van der Waals surface area contributed by atoms with Gasteiger partial charge in [-0.2, -0.15) is 13.2 Å². The standard InChI is InChI=1S/C30H38F3N3O4.C2H4O2.CH4/c1-29(2,3)23-6-4-21(5-7-23)22-10-15-34(16-11-22)17-14-28(37)35-18-12-24(13-19-35)40-25-8-9-27(36(38)39)26(20-25)30(31,32)33;1-2(3)4;/h4-9,20,22,24H,10-19H2,1-3H3;1H3,(H,3,4);1H4. The van der Waals surface area contributed by atoms with Crippen LogP contribution in [0.1, 0.15) is 89.8 Å². The smallest absolute Gasteiger partial charge is 0.423 e. The molecule has 9 nitrogen and oxygen atoms in total. The van der Waals surface area contributed by atoms with Crippen LogP contribution in [0, 0.1) is 10.1 Å². The summed E-state index contributed by atoms with van der Waals surface area (Å²) in [5.41, 5.74) is 0.538. The lowest BCUT2D eigenvalue weighted by Gasteiger charge is -2.34. The van der Waals surface area contributed by atoms with Crippen molar-refractivity contribution in [3.63, 3.8) is 0 Å². The van der Waals surface area contributed by atoms with E-state index in [1.54, 1.807) is 4.90 Å². The lowest BCUT2D eigenvalue weighted by atomic mass is 9.84. The number of amides is 1. The molecule has 2 saturated heterocycles. The van der Waals surface area contributed by atoms with Crippen molar-refractivity contribution >= 4 is 17.6 Å². The molecule has 0 atom stereocenters. The summed E-state index contributed by atoms with van der Waals surface area (Å²) in [6.07, 6.45) is -1.65. The molecule has 0 aliphatic carbocycles. The highest BCUT2D eigenvalue weighted by molar-refractivity contribution is 5.76. The molecule has 0 aromatic heterocycles. The lowest BCUT2D eigenvalue weighted by Crippen LogP contribution is -2.43. The maximum atomic E-state index is 13.3. The van der Waals surface area contributed by atoms with Gasteiger partial charge in [-0.3, -0.25) is 19.7 Å². The molecular formula is C33H46F3N3O6. The van der Waals surface area contributed by atoms with Crippen molar-refractivity contribution in [2.75, 3.05) is 32.7 Å². The Balaban J connectivity index is 0.00000133. The van der Waals surface area contributed by atoms with Crippen LogP contribution in [-0.4, -0.2) is 70.5 Å². The third-order valence-electron chi connectivity index (χ3n) is 8.05. The molecule has 1 amide bonds. The number of carbonyl (C=O) groups is 2. The molecule has 2 heterocycles. The zero-order valence-electron chi connectivity index (χ0n) is 25.7. The Morgan fingerprint density at radius 1 is 0.978 bits per heavy atom. The van der Waals surface area contributed by atoms with Gasteiger partial charge in [0.2, 0.25) is 5.91 Å². The van der Waals surface area contributed by atoms with Crippen LogP contribution in [0.2, 0.25) is 0 Å². The number of benzene rings is 2. The minimum atomic E-state index is -4.86. The predicted octanol–water partition coefficient (Wildman–Crippen LogP) is 7.28. The summed E-state index contributed by atoms with van der Waals surface area (Å²) in [5, 5.41) is 18.4. The highest BCUT2D eigenvalue weighted by Crippen LogP contribution is 2.38. The monoisotopic (exact) mass is 637 g/mol. The van der Waals surface area contributed by atoms with Gasteiger partial charge in [0.25, 0.3) is 11.7 Å². The summed E-state index contributed by atoms with van der Waals surface area (Å²) in [6.45, 7) is 11.3. The zero-order chi connectivity index (χ0) is 32.7. The second-order valence-corrected chi connectivity index (χ2v) is 12.4. The van der Waals surface area contributed by atoms with Crippen molar-refractivity contribution in [1.82, 2.24) is 9.80 Å². The largest absolute Gasteiger partial charge is 0.490 e. The number of carbonyl (C=O) groups excluding carboxylic acids is 1. The first-order valence-corrected chi connectivity index (χ1v) is 14.9. The van der Waals surface area contributed by atoms with Crippen molar-refractivity contribution in [3.05, 3.63) is 69.3 Å². The number of rotatable bonds is 7. The van der Waals surface area contributed by atoms with E-state index in [1.807, 2.05) is 0 Å². The topological polar surface area (TPSA) is 113 Å². The second kappa shape index (κ2) is 16.1. The SMILES string of the molecule is C.CC(=O)O.CC(C)(C)c1ccc(C2CCN(CCC(=O)N3CCC(Oc4ccc([N+](=O)[O-])c(C(F)(F)F)c4)CC3)CC2)cc1. The maximum Gasteiger partial charge on any atom is 0.423 e. The number of hydrogen-bond acceptors (Lipinski definition) is 6. The third-order valence-corrected chi connectivity index (χ3v) is 8.05. The molecule has 0 saturated carbocycles. The molecule has 4 rings (SSSR count). The number of nitro benzene ring substituents is 1. The molecule has 2 aliphatic heterocycles. The first-order chi connectivity index (χ1) is 20.5. The van der Waals surface area contributed by atoms with E-state index in [9.17, 15) is 28.1 Å². The van der Waals surface area contributed by atoms with E-state index in [4.69, 9.17) is 14.6 Å². The molecule has 250 valence electrons. The van der Waals surface area contributed by atoms with Gasteiger partial charge in [-0.05, 0) is 60.5 Å². The Kier molecular flexibility index (Phi) is 13.4. The first kappa shape index (κ1) is 37.5. The first-order valence-electron chi connectivity index (χ1n) is 14.9. The van der Waals surface area contributed by atoms with E-state index >= 15 is 0 Å². The summed E-state index contributed by atoms with van der Waals surface area (Å²) >= 11 is 0. The van der Waals surface area contributed by atoms with E-state index in [0.717, 1.165) is 38.9 Å². The molecule has 2 aromatic carbocycles. The minimum Gasteiger partial charge on any atom is -0.490 e. The number of nitro groups is 1. The molecule has 0 radical (unpaired) electrons. The Morgan fingerprint density at radius 2 is 1.53 bits per heavy atom. The van der Waals surface area contributed by atoms with Crippen LogP contribution in [0.4, 0.5) is 18.9 Å². The van der Waals surface area contributed by atoms with Crippen LogP contribution in [-0.2, 0) is 21.2 Å². The molecule has 1 N–H and O–H groups in total. The Hall–Kier alpha value is -3.67. The molecule has 12 heteroatoms. The van der Waals surface area contributed by atoms with Gasteiger partial charge in [0, 0.05) is 51.9 Å². The van der Waals surface area contributed by atoms with Crippen LogP contribution in [0.3, 0.4) is 0 Å². The van der Waals surface area contributed by atoms with Gasteiger partial charge in [0.15, 0.2) is 0 Å². The van der Waals surface area contributed by atoms with E-state index < -0.39 is 28.3 Å². The summed E-state index contributed by atoms with van der Waals surface area (Å²) in [7, 11) is 0. The molecule has 0 spiro atoms. The van der Waals surface area contributed by atoms with Crippen molar-refractivity contribution < 1.29 is 37.5 Å². The van der Waals surface area contributed by atoms with Crippen molar-refractivity contribution in [3.8, 4) is 5.75 Å². The number of aliphatic carboxylic acids is 1. The fraction of sp³-hybridized carbons (Fsp3) is 0.576. The number of likely N-dealkylation sites (tertiary alicyclic amines) is 2. The fourth-order valence-corrected chi connectivity index (χ4v) is 5.55. The highest BCUT2D eigenvalue weighted by atomic mass is 19.4. The molecular weight excluding hydrogens is 591 g/mol. The van der Waals surface area contributed by atoms with Gasteiger partial charge in [-0.15, -0.1) is 0 Å². The summed E-state index contributed by atoms with van der Waals surface area (Å²) < 4.78 is 45.5. The minimum absolute atomic E-state index is 0. The molecule has 45 heavy (non-hydrogen) atoms. The Bertz CT molecular complexity index is 1270.